The summed E-state index contributed by atoms with van der Waals surface area (Å²) in [6, 6.07) is 23.8. The molecule has 5 heteroatoms. The van der Waals surface area contributed by atoms with Crippen LogP contribution in [-0.2, 0) is 56.3 Å². The van der Waals surface area contributed by atoms with Crippen molar-refractivity contribution in [1.29, 1.82) is 0 Å². The molecule has 1 saturated carbocycles. The van der Waals surface area contributed by atoms with Crippen LogP contribution in [0.15, 0.2) is 66.7 Å². The van der Waals surface area contributed by atoms with E-state index in [0.717, 1.165) is 12.8 Å². The molecule has 0 spiro atoms. The zero-order chi connectivity index (χ0) is 23.5. The van der Waals surface area contributed by atoms with Gasteiger partial charge in [0.2, 0.25) is 0 Å². The van der Waals surface area contributed by atoms with Crippen LogP contribution in [0.1, 0.15) is 51.8 Å². The third kappa shape index (κ3) is 6.37. The summed E-state index contributed by atoms with van der Waals surface area (Å²) in [5.41, 5.74) is 8.88. The molecular formula is C30H32O5. The third-order valence-electron chi connectivity index (χ3n) is 6.81. The molecule has 3 aliphatic rings. The molecule has 35 heavy (non-hydrogen) atoms. The molecule has 3 fully saturated rings. The van der Waals surface area contributed by atoms with Crippen LogP contribution in [0.3, 0.4) is 0 Å². The molecule has 2 atom stereocenters. The first kappa shape index (κ1) is 22.9. The van der Waals surface area contributed by atoms with Gasteiger partial charge in [-0.15, -0.1) is 0 Å². The zero-order valence-electron chi connectivity index (χ0n) is 20.0. The molecule has 3 aromatic rings. The van der Waals surface area contributed by atoms with Crippen molar-refractivity contribution in [1.82, 2.24) is 0 Å². The van der Waals surface area contributed by atoms with Crippen LogP contribution < -0.4 is 0 Å². The van der Waals surface area contributed by atoms with Crippen LogP contribution in [0.4, 0.5) is 0 Å². The van der Waals surface area contributed by atoms with Gasteiger partial charge in [-0.1, -0.05) is 66.7 Å². The maximum Gasteiger partial charge on any atom is 0.181 e. The molecule has 1 aliphatic carbocycles. The summed E-state index contributed by atoms with van der Waals surface area (Å²) in [7, 11) is 0. The molecular weight excluding hydrogens is 440 g/mol. The summed E-state index contributed by atoms with van der Waals surface area (Å²) in [4.78, 5) is 0. The normalized spacial score (nSPS) is 20.7. The second kappa shape index (κ2) is 10.6. The van der Waals surface area contributed by atoms with Crippen molar-refractivity contribution in [3.8, 4) is 0 Å². The Morgan fingerprint density at radius 3 is 1.51 bits per heavy atom. The van der Waals surface area contributed by atoms with Crippen LogP contribution in [0, 0.1) is 0 Å². The molecule has 0 amide bonds. The van der Waals surface area contributed by atoms with Gasteiger partial charge in [-0.3, -0.25) is 0 Å². The topological polar surface area (TPSA) is 52.8 Å². The molecule has 0 N–H and O–H groups in total. The van der Waals surface area contributed by atoms with E-state index >= 15 is 0 Å². The van der Waals surface area contributed by atoms with Gasteiger partial charge < -0.3 is 23.7 Å². The quantitative estimate of drug-likeness (QED) is 0.316. The van der Waals surface area contributed by atoms with E-state index in [1.54, 1.807) is 0 Å². The van der Waals surface area contributed by atoms with Gasteiger partial charge in [0.05, 0.1) is 25.9 Å². The van der Waals surface area contributed by atoms with E-state index in [0.29, 0.717) is 39.1 Å². The number of epoxide rings is 2. The minimum Gasteiger partial charge on any atom is -0.374 e. The summed E-state index contributed by atoms with van der Waals surface area (Å²) in [5, 5.41) is 0. The van der Waals surface area contributed by atoms with Gasteiger partial charge in [0, 0.05) is 0 Å². The van der Waals surface area contributed by atoms with E-state index in [4.69, 9.17) is 23.7 Å². The fourth-order valence-corrected chi connectivity index (χ4v) is 4.43. The summed E-state index contributed by atoms with van der Waals surface area (Å²) in [5.74, 6) is 0. The highest BCUT2D eigenvalue weighted by atomic mass is 16.8. The molecule has 0 radical (unpaired) electrons. The summed E-state index contributed by atoms with van der Waals surface area (Å²) < 4.78 is 28.5. The van der Waals surface area contributed by atoms with Crippen LogP contribution in [0.25, 0.3) is 0 Å². The number of hydrogen-bond acceptors (Lipinski definition) is 5. The van der Waals surface area contributed by atoms with Crippen molar-refractivity contribution < 1.29 is 23.7 Å². The van der Waals surface area contributed by atoms with Crippen LogP contribution in [0.2, 0.25) is 0 Å². The predicted octanol–water partition coefficient (Wildman–Crippen LogP) is 5.29. The molecule has 2 unspecified atom stereocenters. The summed E-state index contributed by atoms with van der Waals surface area (Å²) in [6.07, 6.45) is 4.39. The first-order valence-corrected chi connectivity index (χ1v) is 12.6. The molecule has 3 aromatic carbocycles. The average molecular weight is 473 g/mol. The average Bonchev–Trinajstić information content (AvgIpc) is 3.74. The Kier molecular flexibility index (Phi) is 6.94. The van der Waals surface area contributed by atoms with Crippen LogP contribution in [0.5, 0.6) is 0 Å². The molecule has 2 heterocycles. The Labute approximate surface area is 206 Å². The highest BCUT2D eigenvalue weighted by Crippen LogP contribution is 2.29. The molecule has 2 aliphatic heterocycles. The highest BCUT2D eigenvalue weighted by molar-refractivity contribution is 5.43. The largest absolute Gasteiger partial charge is 0.374 e. The van der Waals surface area contributed by atoms with Crippen molar-refractivity contribution in [2.75, 3.05) is 13.2 Å². The summed E-state index contributed by atoms with van der Waals surface area (Å²) in [6.45, 7) is 3.17. The fourth-order valence-electron chi connectivity index (χ4n) is 4.43. The van der Waals surface area contributed by atoms with E-state index in [-0.39, 0.29) is 12.6 Å². The Morgan fingerprint density at radius 2 is 1.00 bits per heavy atom. The van der Waals surface area contributed by atoms with E-state index in [1.807, 2.05) is 0 Å². The molecule has 5 nitrogen and oxygen atoms in total. The Bertz CT molecular complexity index is 1070. The minimum atomic E-state index is -0.0747. The van der Waals surface area contributed by atoms with Gasteiger partial charge in [-0.2, -0.15) is 0 Å². The third-order valence-corrected chi connectivity index (χ3v) is 6.81. The zero-order valence-corrected chi connectivity index (χ0v) is 20.0. The van der Waals surface area contributed by atoms with Crippen molar-refractivity contribution in [3.63, 3.8) is 0 Å². The molecule has 2 saturated heterocycles. The van der Waals surface area contributed by atoms with Crippen molar-refractivity contribution in [2.24, 2.45) is 0 Å². The van der Waals surface area contributed by atoms with E-state index in [2.05, 4.69) is 66.7 Å². The van der Waals surface area contributed by atoms with Gasteiger partial charge in [0.25, 0.3) is 0 Å². The Morgan fingerprint density at radius 1 is 0.543 bits per heavy atom. The first-order valence-electron chi connectivity index (χ1n) is 12.6. The Balaban J connectivity index is 1.26. The van der Waals surface area contributed by atoms with Gasteiger partial charge >= 0.3 is 0 Å². The lowest BCUT2D eigenvalue weighted by Crippen LogP contribution is -2.08. The highest BCUT2D eigenvalue weighted by Gasteiger charge is 2.26. The molecule has 0 aromatic heterocycles. The SMILES string of the molecule is c1ccc(Cc2cccc(Cc3ccccc3COC3CO3)c2COC2CO2)c(COC2CC2)c1. The van der Waals surface area contributed by atoms with E-state index in [1.165, 1.54) is 51.8 Å². The lowest BCUT2D eigenvalue weighted by atomic mass is 9.90. The molecule has 6 rings (SSSR count). The minimum absolute atomic E-state index is 0.0437. The van der Waals surface area contributed by atoms with Crippen molar-refractivity contribution in [3.05, 3.63) is 106 Å². The van der Waals surface area contributed by atoms with Crippen molar-refractivity contribution in [2.45, 2.75) is 64.2 Å². The number of rotatable bonds is 13. The summed E-state index contributed by atoms with van der Waals surface area (Å²) >= 11 is 0. The molecule has 0 bridgehead atoms. The standard InChI is InChI=1S/C30H32O5/c1-3-8-25(16-31-27-12-13-27)21(6-1)14-23-10-5-11-24(28(23)18-33-30-20-35-30)15-22-7-2-4-9-26(22)17-32-29-19-34-29/h1-11,27,29-30H,12-20H2. The monoisotopic (exact) mass is 472 g/mol. The maximum absolute atomic E-state index is 6.04. The van der Waals surface area contributed by atoms with Crippen LogP contribution in [-0.4, -0.2) is 31.9 Å². The van der Waals surface area contributed by atoms with Crippen molar-refractivity contribution >= 4 is 0 Å². The van der Waals surface area contributed by atoms with E-state index in [9.17, 15) is 0 Å². The smallest absolute Gasteiger partial charge is 0.181 e. The number of ether oxygens (including phenoxy) is 5. The Hall–Kier alpha value is -2.54. The second-order valence-electron chi connectivity index (χ2n) is 9.60. The maximum atomic E-state index is 6.04. The van der Waals surface area contributed by atoms with Gasteiger partial charge in [-0.05, 0) is 64.6 Å². The molecule has 182 valence electrons. The van der Waals surface area contributed by atoms with Gasteiger partial charge in [0.1, 0.15) is 13.2 Å². The lowest BCUT2D eigenvalue weighted by molar-refractivity contribution is 0.0378. The number of benzene rings is 3. The fraction of sp³-hybridized carbons (Fsp3) is 0.400. The number of hydrogen-bond donors (Lipinski definition) is 0. The van der Waals surface area contributed by atoms with Gasteiger partial charge in [-0.25, -0.2) is 0 Å². The lowest BCUT2D eigenvalue weighted by Gasteiger charge is -2.18. The van der Waals surface area contributed by atoms with Gasteiger partial charge in [0.15, 0.2) is 12.6 Å². The predicted molar refractivity (Wildman–Crippen MR) is 132 cm³/mol. The first-order chi connectivity index (χ1) is 17.3. The second-order valence-corrected chi connectivity index (χ2v) is 9.60. The van der Waals surface area contributed by atoms with Crippen LogP contribution >= 0.6 is 0 Å². The van der Waals surface area contributed by atoms with E-state index < -0.39 is 0 Å².